The second kappa shape index (κ2) is 4.60. The number of nitrogens with zero attached hydrogens (tertiary/aromatic N) is 4. The molecule has 0 fully saturated rings. The fraction of sp³-hybridized carbons (Fsp3) is 0.200. The fourth-order valence-electron chi connectivity index (χ4n) is 1.18. The molecule has 7 heteroatoms. The van der Waals surface area contributed by atoms with Crippen LogP contribution in [0.15, 0.2) is 24.7 Å². The summed E-state index contributed by atoms with van der Waals surface area (Å²) in [5.74, 6) is 0.0927. The van der Waals surface area contributed by atoms with Crippen LogP contribution in [0.2, 0.25) is 0 Å². The van der Waals surface area contributed by atoms with Gasteiger partial charge in [-0.3, -0.25) is 0 Å². The van der Waals surface area contributed by atoms with Gasteiger partial charge in [0.05, 0.1) is 6.20 Å². The van der Waals surface area contributed by atoms with Crippen LogP contribution in [-0.2, 0) is 13.7 Å². The van der Waals surface area contributed by atoms with E-state index in [2.05, 4.69) is 15.2 Å². The average molecular weight is 234 g/mol. The van der Waals surface area contributed by atoms with Crippen molar-refractivity contribution in [2.24, 2.45) is 7.05 Å². The molecule has 2 aromatic rings. The molecule has 2 heterocycles. The number of carboxylic acid groups (broad SMARTS) is 1. The predicted molar refractivity (Wildman–Crippen MR) is 56.5 cm³/mol. The smallest absolute Gasteiger partial charge is 0.354 e. The van der Waals surface area contributed by atoms with Crippen LogP contribution in [0.25, 0.3) is 0 Å². The van der Waals surface area contributed by atoms with E-state index in [4.69, 9.17) is 9.84 Å². The number of ether oxygens (including phenoxy) is 1. The Bertz CT molecular complexity index is 521. The second-order valence-corrected chi connectivity index (χ2v) is 3.33. The molecule has 0 saturated heterocycles. The number of aryl methyl sites for hydroxylation is 1. The molecular weight excluding hydrogens is 224 g/mol. The molecule has 0 bridgehead atoms. The van der Waals surface area contributed by atoms with Crippen molar-refractivity contribution in [3.05, 3.63) is 36.2 Å². The maximum Gasteiger partial charge on any atom is 0.354 e. The third kappa shape index (κ3) is 2.57. The number of hydrogen-bond acceptors (Lipinski definition) is 5. The molecule has 17 heavy (non-hydrogen) atoms. The molecule has 1 N–H and O–H groups in total. The van der Waals surface area contributed by atoms with Gasteiger partial charge >= 0.3 is 5.97 Å². The lowest BCUT2D eigenvalue weighted by atomic mass is 10.3. The minimum Gasteiger partial charge on any atom is -0.484 e. The first-order valence-corrected chi connectivity index (χ1v) is 4.82. The molecule has 0 aromatic carbocycles. The van der Waals surface area contributed by atoms with Gasteiger partial charge in [-0.05, 0) is 12.1 Å². The Balaban J connectivity index is 2.00. The van der Waals surface area contributed by atoms with Gasteiger partial charge in [0.1, 0.15) is 24.4 Å². The number of carbonyl (C=O) groups is 1. The summed E-state index contributed by atoms with van der Waals surface area (Å²) in [6.07, 6.45) is 2.93. The Morgan fingerprint density at radius 2 is 2.35 bits per heavy atom. The molecule has 2 aromatic heterocycles. The Morgan fingerprint density at radius 3 is 2.88 bits per heavy atom. The van der Waals surface area contributed by atoms with Crippen LogP contribution in [-0.4, -0.2) is 30.8 Å². The quantitative estimate of drug-likeness (QED) is 0.827. The number of pyridine rings is 1. The van der Waals surface area contributed by atoms with E-state index in [0.717, 1.165) is 0 Å². The van der Waals surface area contributed by atoms with Crippen molar-refractivity contribution in [3.8, 4) is 5.75 Å². The van der Waals surface area contributed by atoms with Crippen molar-refractivity contribution in [2.45, 2.75) is 6.61 Å². The molecule has 2 rings (SSSR count). The minimum absolute atomic E-state index is 0.0176. The standard InChI is InChI=1S/C10H10N4O3/c1-14-6-12-13-9(14)5-17-7-2-3-8(10(15)16)11-4-7/h2-4,6H,5H2,1H3,(H,15,16). The lowest BCUT2D eigenvalue weighted by molar-refractivity contribution is 0.0690. The molecule has 0 atom stereocenters. The summed E-state index contributed by atoms with van der Waals surface area (Å²) in [7, 11) is 1.81. The van der Waals surface area contributed by atoms with Crippen LogP contribution in [0, 0.1) is 0 Å². The van der Waals surface area contributed by atoms with Crippen molar-refractivity contribution in [1.82, 2.24) is 19.7 Å². The Morgan fingerprint density at radius 1 is 1.53 bits per heavy atom. The molecule has 0 unspecified atom stereocenters. The van der Waals surface area contributed by atoms with Gasteiger partial charge < -0.3 is 14.4 Å². The third-order valence-corrected chi connectivity index (χ3v) is 2.13. The Kier molecular flexibility index (Phi) is 2.99. The van der Waals surface area contributed by atoms with E-state index in [1.54, 1.807) is 17.0 Å². The van der Waals surface area contributed by atoms with Gasteiger partial charge in [-0.15, -0.1) is 10.2 Å². The van der Waals surface area contributed by atoms with Crippen molar-refractivity contribution in [1.29, 1.82) is 0 Å². The summed E-state index contributed by atoms with van der Waals surface area (Å²) in [6.45, 7) is 0.255. The zero-order chi connectivity index (χ0) is 12.3. The van der Waals surface area contributed by atoms with Crippen LogP contribution in [0.5, 0.6) is 5.75 Å². The minimum atomic E-state index is -1.06. The molecule has 88 valence electrons. The van der Waals surface area contributed by atoms with Gasteiger partial charge in [0.25, 0.3) is 0 Å². The maximum absolute atomic E-state index is 10.6. The van der Waals surface area contributed by atoms with Crippen molar-refractivity contribution in [2.75, 3.05) is 0 Å². The summed E-state index contributed by atoms with van der Waals surface area (Å²) in [5.41, 5.74) is -0.0176. The number of carboxylic acids is 1. The summed E-state index contributed by atoms with van der Waals surface area (Å²) in [5, 5.41) is 16.2. The van der Waals surface area contributed by atoms with Gasteiger partial charge in [-0.25, -0.2) is 9.78 Å². The van der Waals surface area contributed by atoms with Gasteiger partial charge in [-0.2, -0.15) is 0 Å². The zero-order valence-electron chi connectivity index (χ0n) is 9.07. The predicted octanol–water partition coefficient (Wildman–Crippen LogP) is 0.487. The molecule has 0 saturated carbocycles. The maximum atomic E-state index is 10.6. The van der Waals surface area contributed by atoms with E-state index in [1.807, 2.05) is 7.05 Å². The van der Waals surface area contributed by atoms with Crippen LogP contribution < -0.4 is 4.74 Å². The van der Waals surface area contributed by atoms with E-state index in [-0.39, 0.29) is 12.3 Å². The fourth-order valence-corrected chi connectivity index (χ4v) is 1.18. The summed E-state index contributed by atoms with van der Waals surface area (Å²) < 4.78 is 7.12. The van der Waals surface area contributed by atoms with Crippen molar-refractivity contribution < 1.29 is 14.6 Å². The van der Waals surface area contributed by atoms with Gasteiger partial charge in [-0.1, -0.05) is 0 Å². The monoisotopic (exact) mass is 234 g/mol. The van der Waals surface area contributed by atoms with Crippen molar-refractivity contribution >= 4 is 5.97 Å². The van der Waals surface area contributed by atoms with E-state index in [0.29, 0.717) is 11.6 Å². The lowest BCUT2D eigenvalue weighted by Gasteiger charge is -2.04. The molecule has 0 amide bonds. The van der Waals surface area contributed by atoms with Crippen LogP contribution >= 0.6 is 0 Å². The second-order valence-electron chi connectivity index (χ2n) is 3.33. The lowest BCUT2D eigenvalue weighted by Crippen LogP contribution is -2.04. The highest BCUT2D eigenvalue weighted by Gasteiger charge is 2.05. The largest absolute Gasteiger partial charge is 0.484 e. The number of rotatable bonds is 4. The van der Waals surface area contributed by atoms with E-state index in [1.165, 1.54) is 12.3 Å². The van der Waals surface area contributed by atoms with Crippen LogP contribution in [0.1, 0.15) is 16.3 Å². The molecule has 0 radical (unpaired) electrons. The van der Waals surface area contributed by atoms with Gasteiger partial charge in [0, 0.05) is 7.05 Å². The Labute approximate surface area is 96.7 Å². The number of aromatic nitrogens is 4. The van der Waals surface area contributed by atoms with Gasteiger partial charge in [0.15, 0.2) is 5.82 Å². The van der Waals surface area contributed by atoms with E-state index < -0.39 is 5.97 Å². The first-order chi connectivity index (χ1) is 8.16. The first kappa shape index (κ1) is 11.1. The summed E-state index contributed by atoms with van der Waals surface area (Å²) in [6, 6.07) is 2.93. The van der Waals surface area contributed by atoms with Crippen molar-refractivity contribution in [3.63, 3.8) is 0 Å². The number of aromatic carboxylic acids is 1. The molecule has 7 nitrogen and oxygen atoms in total. The average Bonchev–Trinajstić information content (AvgIpc) is 2.73. The third-order valence-electron chi connectivity index (χ3n) is 2.13. The number of hydrogen-bond donors (Lipinski definition) is 1. The molecule has 0 aliphatic carbocycles. The van der Waals surface area contributed by atoms with E-state index in [9.17, 15) is 4.79 Å². The van der Waals surface area contributed by atoms with Gasteiger partial charge in [0.2, 0.25) is 0 Å². The SMILES string of the molecule is Cn1cnnc1COc1ccc(C(=O)O)nc1. The molecule has 0 aliphatic rings. The van der Waals surface area contributed by atoms with E-state index >= 15 is 0 Å². The normalized spacial score (nSPS) is 10.2. The molecule has 0 spiro atoms. The highest BCUT2D eigenvalue weighted by atomic mass is 16.5. The van der Waals surface area contributed by atoms with Crippen LogP contribution in [0.3, 0.4) is 0 Å². The molecule has 0 aliphatic heterocycles. The topological polar surface area (TPSA) is 90.1 Å². The van der Waals surface area contributed by atoms with Crippen LogP contribution in [0.4, 0.5) is 0 Å². The highest BCUT2D eigenvalue weighted by Crippen LogP contribution is 2.10. The summed E-state index contributed by atoms with van der Waals surface area (Å²) in [4.78, 5) is 14.3. The first-order valence-electron chi connectivity index (χ1n) is 4.82. The highest BCUT2D eigenvalue weighted by molar-refractivity contribution is 5.85. The Hall–Kier alpha value is -2.44. The summed E-state index contributed by atoms with van der Waals surface area (Å²) >= 11 is 0. The molecular formula is C10H10N4O3. The zero-order valence-corrected chi connectivity index (χ0v) is 9.07.